The highest BCUT2D eigenvalue weighted by Gasteiger charge is 2.47. The number of fused-ring (bicyclic) bond motifs is 8. The van der Waals surface area contributed by atoms with E-state index in [4.69, 9.17) is 10.7 Å². The molecule has 8 aliphatic rings. The Bertz CT molecular complexity index is 2960. The van der Waals surface area contributed by atoms with Crippen LogP contribution in [-0.2, 0) is 0 Å². The second-order valence-corrected chi connectivity index (χ2v) is 20.3. The molecule has 0 bridgehead atoms. The van der Waals surface area contributed by atoms with Crippen LogP contribution in [-0.4, -0.2) is 17.8 Å². The Labute approximate surface area is 391 Å². The maximum Gasteiger partial charge on any atom is 0.0670 e. The summed E-state index contributed by atoms with van der Waals surface area (Å²) in [5.74, 6) is 2.18. The van der Waals surface area contributed by atoms with Gasteiger partial charge >= 0.3 is 0 Å². The molecule has 0 radical (unpaired) electrons. The molecule has 328 valence electrons. The van der Waals surface area contributed by atoms with Crippen molar-refractivity contribution in [2.45, 2.75) is 83.2 Å². The SMILES string of the molecule is CC(N=C(/C=C(\N)C1=CC2=C(CC1)C1C=CCCC1C2(C)C)c1ccc(N2c3ccccc3C3C=C(C4=CC=C5C(C4)c4ccccc4N5c4ccccc4)C=CC32)cc1)C1C=CC=CC1. The average Bonchev–Trinajstić information content (AvgIpc) is 3.96. The topological polar surface area (TPSA) is 44.9 Å². The molecule has 4 heteroatoms. The van der Waals surface area contributed by atoms with Crippen molar-refractivity contribution in [3.8, 4) is 0 Å². The number of hydrogen-bond acceptors (Lipinski definition) is 4. The van der Waals surface area contributed by atoms with Crippen molar-refractivity contribution in [1.82, 2.24) is 0 Å². The first kappa shape index (κ1) is 40.8. The van der Waals surface area contributed by atoms with Crippen LogP contribution in [0.4, 0.5) is 22.7 Å². The summed E-state index contributed by atoms with van der Waals surface area (Å²) in [6, 6.07) is 38.2. The number of benzene rings is 4. The fraction of sp³-hybridized carbons (Fsp3) is 0.274. The number of nitrogens with zero attached hydrogens (tertiary/aromatic N) is 3. The van der Waals surface area contributed by atoms with Crippen molar-refractivity contribution in [1.29, 1.82) is 0 Å². The normalized spacial score (nSPS) is 27.3. The summed E-state index contributed by atoms with van der Waals surface area (Å²) in [5.41, 5.74) is 26.5. The van der Waals surface area contributed by atoms with E-state index in [0.717, 1.165) is 42.7 Å². The van der Waals surface area contributed by atoms with Gasteiger partial charge in [-0.05, 0) is 144 Å². The Morgan fingerprint density at radius 1 is 0.788 bits per heavy atom. The van der Waals surface area contributed by atoms with Crippen LogP contribution in [0, 0.1) is 23.2 Å². The monoisotopic (exact) mass is 860 g/mol. The van der Waals surface area contributed by atoms with Crippen LogP contribution in [0.3, 0.4) is 0 Å². The molecule has 0 saturated heterocycles. The van der Waals surface area contributed by atoms with E-state index in [1.165, 1.54) is 74.7 Å². The minimum Gasteiger partial charge on any atom is -0.398 e. The first-order valence-electron chi connectivity index (χ1n) is 24.5. The van der Waals surface area contributed by atoms with Gasteiger partial charge in [-0.1, -0.05) is 153 Å². The Balaban J connectivity index is 0.843. The van der Waals surface area contributed by atoms with Gasteiger partial charge in [0.2, 0.25) is 0 Å². The molecule has 0 saturated carbocycles. The number of allylic oxidation sites excluding steroid dienone is 16. The molecule has 12 rings (SSSR count). The van der Waals surface area contributed by atoms with Gasteiger partial charge in [0.15, 0.2) is 0 Å². The highest BCUT2D eigenvalue weighted by atomic mass is 15.2. The Hall–Kier alpha value is -6.65. The number of nitrogens with two attached hydrogens (primary N) is 1. The minimum absolute atomic E-state index is 0.107. The zero-order valence-electron chi connectivity index (χ0n) is 38.5. The molecule has 4 aromatic rings. The molecule has 66 heavy (non-hydrogen) atoms. The summed E-state index contributed by atoms with van der Waals surface area (Å²) in [6.45, 7) is 7.17. The van der Waals surface area contributed by atoms with E-state index in [1.54, 1.807) is 5.57 Å². The smallest absolute Gasteiger partial charge is 0.0670 e. The van der Waals surface area contributed by atoms with Gasteiger partial charge in [-0.15, -0.1) is 0 Å². The first-order chi connectivity index (χ1) is 32.3. The van der Waals surface area contributed by atoms with E-state index in [1.807, 2.05) is 0 Å². The largest absolute Gasteiger partial charge is 0.398 e. The Morgan fingerprint density at radius 3 is 2.39 bits per heavy atom. The minimum atomic E-state index is 0.107. The molecule has 2 aliphatic heterocycles. The van der Waals surface area contributed by atoms with Crippen LogP contribution in [0.15, 0.2) is 226 Å². The third-order valence-electron chi connectivity index (χ3n) is 16.3. The average molecular weight is 861 g/mol. The zero-order chi connectivity index (χ0) is 44.5. The van der Waals surface area contributed by atoms with Crippen molar-refractivity contribution in [2.75, 3.05) is 9.80 Å². The van der Waals surface area contributed by atoms with Gasteiger partial charge in [-0.3, -0.25) is 4.99 Å². The van der Waals surface area contributed by atoms with E-state index in [-0.39, 0.29) is 23.4 Å². The maximum absolute atomic E-state index is 7.18. The predicted octanol–water partition coefficient (Wildman–Crippen LogP) is 14.7. The number of para-hydroxylation sites is 3. The zero-order valence-corrected chi connectivity index (χ0v) is 38.5. The highest BCUT2D eigenvalue weighted by molar-refractivity contribution is 6.09. The second-order valence-electron chi connectivity index (χ2n) is 20.3. The molecule has 4 nitrogen and oxygen atoms in total. The van der Waals surface area contributed by atoms with Crippen LogP contribution < -0.4 is 15.5 Å². The molecule has 4 aromatic carbocycles. The highest BCUT2D eigenvalue weighted by Crippen LogP contribution is 2.58. The van der Waals surface area contributed by atoms with E-state index in [2.05, 4.69) is 213 Å². The first-order valence-corrected chi connectivity index (χ1v) is 24.5. The summed E-state index contributed by atoms with van der Waals surface area (Å²) in [7, 11) is 0. The molecule has 2 N–H and O–H groups in total. The van der Waals surface area contributed by atoms with Gasteiger partial charge in [-0.2, -0.15) is 0 Å². The number of anilines is 4. The molecular formula is C62H60N4. The molecule has 6 aliphatic carbocycles. The molecule has 0 fully saturated rings. The van der Waals surface area contributed by atoms with Crippen LogP contribution >= 0.6 is 0 Å². The second kappa shape index (κ2) is 16.3. The number of hydrogen-bond donors (Lipinski definition) is 1. The van der Waals surface area contributed by atoms with E-state index >= 15 is 0 Å². The summed E-state index contributed by atoms with van der Waals surface area (Å²) in [5, 5.41) is 0. The van der Waals surface area contributed by atoms with Crippen LogP contribution in [0.2, 0.25) is 0 Å². The molecule has 0 amide bonds. The van der Waals surface area contributed by atoms with Gasteiger partial charge in [-0.25, -0.2) is 0 Å². The molecule has 0 aromatic heterocycles. The number of aliphatic imine (C=N–C) groups is 1. The lowest BCUT2D eigenvalue weighted by molar-refractivity contribution is 0.238. The lowest BCUT2D eigenvalue weighted by Crippen LogP contribution is -2.29. The quantitative estimate of drug-likeness (QED) is 0.142. The molecule has 7 unspecified atom stereocenters. The summed E-state index contributed by atoms with van der Waals surface area (Å²) in [4.78, 5) is 10.5. The fourth-order valence-corrected chi connectivity index (χ4v) is 12.9. The maximum atomic E-state index is 7.18. The standard InChI is InChI=1S/C62H60N4/c1-40(41-16-6-4-7-17-41)64-57(39-56(63)45-28-33-49-48-20-10-13-23-54(48)62(2,3)55(49)38-45)42-26-31-47(32-27-42)66-59-25-15-12-22-51(59)53-37-44(30-35-61(53)66)43-29-34-60-52(36-43)50-21-11-14-24-58(50)65(60)46-18-8-5-9-19-46/h4-12,14-16,18-22,24-27,29-32,34-35,37-41,48,52-54,61H,13,17,23,28,33,36,63H2,1-3H3/b56-39-,64-57?. The fourth-order valence-electron chi connectivity index (χ4n) is 12.9. The lowest BCUT2D eigenvalue weighted by Gasteiger charge is -2.34. The van der Waals surface area contributed by atoms with Gasteiger partial charge in [0.05, 0.1) is 17.8 Å². The van der Waals surface area contributed by atoms with Crippen LogP contribution in [0.25, 0.3) is 0 Å². The third-order valence-corrected chi connectivity index (χ3v) is 16.3. The van der Waals surface area contributed by atoms with Gasteiger partial charge in [0.25, 0.3) is 0 Å². The van der Waals surface area contributed by atoms with Gasteiger partial charge in [0.1, 0.15) is 0 Å². The predicted molar refractivity (Wildman–Crippen MR) is 275 cm³/mol. The lowest BCUT2D eigenvalue weighted by atomic mass is 9.70. The van der Waals surface area contributed by atoms with Crippen molar-refractivity contribution in [3.63, 3.8) is 0 Å². The third kappa shape index (κ3) is 6.82. The van der Waals surface area contributed by atoms with E-state index in [9.17, 15) is 0 Å². The Kier molecular flexibility index (Phi) is 10.1. The van der Waals surface area contributed by atoms with Crippen LogP contribution in [0.5, 0.6) is 0 Å². The summed E-state index contributed by atoms with van der Waals surface area (Å²) < 4.78 is 0. The van der Waals surface area contributed by atoms with E-state index in [0.29, 0.717) is 23.7 Å². The van der Waals surface area contributed by atoms with Gasteiger partial charge in [0, 0.05) is 57.8 Å². The molecule has 7 atom stereocenters. The Morgan fingerprint density at radius 2 is 1.58 bits per heavy atom. The van der Waals surface area contributed by atoms with Crippen molar-refractivity contribution >= 4 is 28.5 Å². The van der Waals surface area contributed by atoms with Gasteiger partial charge < -0.3 is 15.5 Å². The molecular weight excluding hydrogens is 801 g/mol. The molecule has 2 heterocycles. The van der Waals surface area contributed by atoms with E-state index < -0.39 is 0 Å². The van der Waals surface area contributed by atoms with Crippen molar-refractivity contribution in [3.05, 3.63) is 238 Å². The van der Waals surface area contributed by atoms with Crippen molar-refractivity contribution < 1.29 is 0 Å². The van der Waals surface area contributed by atoms with Crippen molar-refractivity contribution in [2.24, 2.45) is 33.9 Å². The summed E-state index contributed by atoms with van der Waals surface area (Å²) in [6.07, 6.45) is 37.1. The summed E-state index contributed by atoms with van der Waals surface area (Å²) >= 11 is 0. The molecule has 0 spiro atoms. The number of rotatable bonds is 8. The van der Waals surface area contributed by atoms with Crippen LogP contribution in [0.1, 0.15) is 87.8 Å².